The van der Waals surface area contributed by atoms with Crippen LogP contribution >= 0.6 is 0 Å². The van der Waals surface area contributed by atoms with Crippen molar-refractivity contribution in [3.63, 3.8) is 0 Å². The third-order valence-electron chi connectivity index (χ3n) is 3.76. The molecule has 0 radical (unpaired) electrons. The number of hydrogen-bond acceptors (Lipinski definition) is 4. The normalized spacial score (nSPS) is 20.4. The highest BCUT2D eigenvalue weighted by molar-refractivity contribution is 7.89. The van der Waals surface area contributed by atoms with Crippen molar-refractivity contribution >= 4 is 16.0 Å². The van der Waals surface area contributed by atoms with E-state index in [-0.39, 0.29) is 10.8 Å². The van der Waals surface area contributed by atoms with Crippen LogP contribution in [0.2, 0.25) is 0 Å². The SMILES string of the molecule is Cc1cc(O)c(C(=O)O)cc1S(=O)(=O)N1CCCC(C)C1. The smallest absolute Gasteiger partial charge is 0.339 e. The van der Waals surface area contributed by atoms with Crippen LogP contribution in [-0.2, 0) is 10.0 Å². The molecule has 1 aliphatic rings. The summed E-state index contributed by atoms with van der Waals surface area (Å²) in [4.78, 5) is 11.0. The molecule has 0 bridgehead atoms. The maximum absolute atomic E-state index is 12.7. The van der Waals surface area contributed by atoms with Crippen LogP contribution in [0.25, 0.3) is 0 Å². The van der Waals surface area contributed by atoms with Gasteiger partial charge in [-0.25, -0.2) is 13.2 Å². The first kappa shape index (κ1) is 15.8. The molecular weight excluding hydrogens is 294 g/mol. The minimum Gasteiger partial charge on any atom is -0.507 e. The van der Waals surface area contributed by atoms with E-state index in [0.717, 1.165) is 18.9 Å². The monoisotopic (exact) mass is 313 g/mol. The Morgan fingerprint density at radius 2 is 2.05 bits per heavy atom. The molecule has 0 amide bonds. The molecule has 6 nitrogen and oxygen atoms in total. The fourth-order valence-electron chi connectivity index (χ4n) is 2.63. The summed E-state index contributed by atoms with van der Waals surface area (Å²) in [5.41, 5.74) is -0.0556. The molecule has 1 aromatic carbocycles. The zero-order valence-corrected chi connectivity index (χ0v) is 12.9. The topological polar surface area (TPSA) is 94.9 Å². The molecule has 1 unspecified atom stereocenters. The second-order valence-corrected chi connectivity index (χ2v) is 7.46. The number of aromatic carboxylic acids is 1. The molecule has 1 fully saturated rings. The van der Waals surface area contributed by atoms with Crippen LogP contribution in [0.5, 0.6) is 5.75 Å². The van der Waals surface area contributed by atoms with Gasteiger partial charge in [-0.2, -0.15) is 4.31 Å². The lowest BCUT2D eigenvalue weighted by molar-refractivity contribution is 0.0693. The summed E-state index contributed by atoms with van der Waals surface area (Å²) in [7, 11) is -3.74. The van der Waals surface area contributed by atoms with Gasteiger partial charge in [-0.3, -0.25) is 0 Å². The van der Waals surface area contributed by atoms with Crippen molar-refractivity contribution in [2.75, 3.05) is 13.1 Å². The molecule has 21 heavy (non-hydrogen) atoms. The van der Waals surface area contributed by atoms with Crippen molar-refractivity contribution in [1.82, 2.24) is 4.31 Å². The van der Waals surface area contributed by atoms with E-state index in [1.807, 2.05) is 6.92 Å². The number of nitrogens with zero attached hydrogens (tertiary/aromatic N) is 1. The van der Waals surface area contributed by atoms with E-state index < -0.39 is 27.3 Å². The Morgan fingerprint density at radius 3 is 2.62 bits per heavy atom. The van der Waals surface area contributed by atoms with Crippen LogP contribution < -0.4 is 0 Å². The van der Waals surface area contributed by atoms with E-state index in [1.54, 1.807) is 6.92 Å². The molecular formula is C14H19NO5S. The molecule has 0 spiro atoms. The Labute approximate surface area is 124 Å². The molecule has 116 valence electrons. The molecule has 2 N–H and O–H groups in total. The number of carboxylic acid groups (broad SMARTS) is 1. The molecule has 0 saturated carbocycles. The van der Waals surface area contributed by atoms with E-state index in [0.29, 0.717) is 18.7 Å². The van der Waals surface area contributed by atoms with Gasteiger partial charge >= 0.3 is 5.97 Å². The molecule has 2 rings (SSSR count). The summed E-state index contributed by atoms with van der Waals surface area (Å²) in [6.45, 7) is 4.42. The first-order valence-electron chi connectivity index (χ1n) is 6.80. The zero-order chi connectivity index (χ0) is 15.8. The number of aryl methyl sites for hydroxylation is 1. The molecule has 0 aromatic heterocycles. The second-order valence-electron chi connectivity index (χ2n) is 5.55. The van der Waals surface area contributed by atoms with Gasteiger partial charge in [-0.15, -0.1) is 0 Å². The van der Waals surface area contributed by atoms with Crippen LogP contribution in [0.4, 0.5) is 0 Å². The molecule has 1 saturated heterocycles. The summed E-state index contributed by atoms with van der Waals surface area (Å²) in [5, 5.41) is 18.6. The largest absolute Gasteiger partial charge is 0.507 e. The average molecular weight is 313 g/mol. The maximum atomic E-state index is 12.7. The van der Waals surface area contributed by atoms with Crippen molar-refractivity contribution in [3.05, 3.63) is 23.3 Å². The van der Waals surface area contributed by atoms with Gasteiger partial charge in [0.25, 0.3) is 0 Å². The number of aromatic hydroxyl groups is 1. The van der Waals surface area contributed by atoms with Crippen molar-refractivity contribution in [1.29, 1.82) is 0 Å². The van der Waals surface area contributed by atoms with Gasteiger partial charge < -0.3 is 10.2 Å². The minimum atomic E-state index is -3.74. The summed E-state index contributed by atoms with van der Waals surface area (Å²) < 4.78 is 26.8. The number of hydrogen-bond donors (Lipinski definition) is 2. The minimum absolute atomic E-state index is 0.0493. The third-order valence-corrected chi connectivity index (χ3v) is 5.77. The summed E-state index contributed by atoms with van der Waals surface area (Å²) in [5.74, 6) is -1.49. The van der Waals surface area contributed by atoms with E-state index >= 15 is 0 Å². The Kier molecular flexibility index (Phi) is 4.25. The van der Waals surface area contributed by atoms with Gasteiger partial charge in [0.05, 0.1) is 4.90 Å². The highest BCUT2D eigenvalue weighted by Crippen LogP contribution is 2.29. The van der Waals surface area contributed by atoms with Crippen LogP contribution in [0.1, 0.15) is 35.7 Å². The van der Waals surface area contributed by atoms with Crippen LogP contribution in [0, 0.1) is 12.8 Å². The van der Waals surface area contributed by atoms with Gasteiger partial charge in [-0.05, 0) is 43.4 Å². The number of rotatable bonds is 3. The molecule has 1 atom stereocenters. The zero-order valence-electron chi connectivity index (χ0n) is 12.0. The van der Waals surface area contributed by atoms with E-state index in [1.165, 1.54) is 10.4 Å². The number of carboxylic acids is 1. The third kappa shape index (κ3) is 3.03. The lowest BCUT2D eigenvalue weighted by Crippen LogP contribution is -2.39. The lowest BCUT2D eigenvalue weighted by Gasteiger charge is -2.30. The quantitative estimate of drug-likeness (QED) is 0.887. The molecule has 0 aliphatic carbocycles. The highest BCUT2D eigenvalue weighted by Gasteiger charge is 2.31. The van der Waals surface area contributed by atoms with E-state index in [9.17, 15) is 18.3 Å². The van der Waals surface area contributed by atoms with Gasteiger partial charge in [0, 0.05) is 13.1 Å². The number of phenols is 1. The number of sulfonamides is 1. The Balaban J connectivity index is 2.49. The Hall–Kier alpha value is -1.60. The molecule has 7 heteroatoms. The van der Waals surface area contributed by atoms with Gasteiger partial charge in [0.2, 0.25) is 10.0 Å². The summed E-state index contributed by atoms with van der Waals surface area (Å²) >= 11 is 0. The summed E-state index contributed by atoms with van der Waals surface area (Å²) in [6, 6.07) is 2.23. The van der Waals surface area contributed by atoms with Crippen molar-refractivity contribution in [2.24, 2.45) is 5.92 Å². The Morgan fingerprint density at radius 1 is 1.38 bits per heavy atom. The van der Waals surface area contributed by atoms with Gasteiger partial charge in [0.1, 0.15) is 11.3 Å². The van der Waals surface area contributed by atoms with Crippen molar-refractivity contribution in [2.45, 2.75) is 31.6 Å². The Bertz CT molecular complexity index is 668. The van der Waals surface area contributed by atoms with Crippen LogP contribution in [0.15, 0.2) is 17.0 Å². The standard InChI is InChI=1S/C14H19NO5S/c1-9-4-3-5-15(8-9)21(19,20)13-7-11(14(17)18)12(16)6-10(13)2/h6-7,9,16H,3-5,8H2,1-2H3,(H,17,18). The fourth-order valence-corrected chi connectivity index (χ4v) is 4.46. The fraction of sp³-hybridized carbons (Fsp3) is 0.500. The van der Waals surface area contributed by atoms with Crippen LogP contribution in [0.3, 0.4) is 0 Å². The molecule has 1 aliphatic heterocycles. The summed E-state index contributed by atoms with van der Waals surface area (Å²) in [6.07, 6.45) is 1.78. The van der Waals surface area contributed by atoms with Crippen molar-refractivity contribution < 1.29 is 23.4 Å². The van der Waals surface area contributed by atoms with Crippen molar-refractivity contribution in [3.8, 4) is 5.75 Å². The maximum Gasteiger partial charge on any atom is 0.339 e. The number of carbonyl (C=O) groups is 1. The first-order chi connectivity index (χ1) is 9.73. The van der Waals surface area contributed by atoms with E-state index in [4.69, 9.17) is 5.11 Å². The highest BCUT2D eigenvalue weighted by atomic mass is 32.2. The number of piperidine rings is 1. The average Bonchev–Trinajstić information content (AvgIpc) is 2.37. The van der Waals surface area contributed by atoms with Crippen LogP contribution in [-0.4, -0.2) is 42.0 Å². The van der Waals surface area contributed by atoms with Gasteiger partial charge in [0.15, 0.2) is 0 Å². The van der Waals surface area contributed by atoms with Gasteiger partial charge in [-0.1, -0.05) is 6.92 Å². The predicted molar refractivity (Wildman–Crippen MR) is 77.0 cm³/mol. The van der Waals surface area contributed by atoms with E-state index in [2.05, 4.69) is 0 Å². The predicted octanol–water partition coefficient (Wildman–Crippen LogP) is 1.82. The lowest BCUT2D eigenvalue weighted by atomic mass is 10.0. The number of benzene rings is 1. The molecule has 1 heterocycles. The first-order valence-corrected chi connectivity index (χ1v) is 8.24. The second kappa shape index (κ2) is 5.65. The molecule has 1 aromatic rings.